The second kappa shape index (κ2) is 12.2. The normalized spacial score (nSPS) is 16.4. The molecule has 9 heteroatoms. The van der Waals surface area contributed by atoms with Crippen molar-refractivity contribution < 1.29 is 9.90 Å². The SMILES string of the molecule is CCc1c(NC[C@H](CCc2cccnc2)C(=O)O)ncnc1N1CCC(c2ccc3c(n2)NCCC3)CC1. The van der Waals surface area contributed by atoms with Gasteiger partial charge < -0.3 is 20.6 Å². The molecule has 3 N–H and O–H groups in total. The first kappa shape index (κ1) is 25.9. The maximum Gasteiger partial charge on any atom is 0.308 e. The molecule has 200 valence electrons. The molecule has 2 aliphatic heterocycles. The molecule has 0 radical (unpaired) electrons. The van der Waals surface area contributed by atoms with E-state index in [0.717, 1.165) is 73.9 Å². The molecule has 1 atom stereocenters. The number of fused-ring (bicyclic) bond motifs is 1. The molecule has 5 heterocycles. The minimum absolute atomic E-state index is 0.319. The average Bonchev–Trinajstić information content (AvgIpc) is 2.97. The first-order valence-electron chi connectivity index (χ1n) is 13.8. The number of rotatable bonds is 10. The van der Waals surface area contributed by atoms with E-state index in [1.807, 2.05) is 12.1 Å². The lowest BCUT2D eigenvalue weighted by molar-refractivity contribution is -0.141. The van der Waals surface area contributed by atoms with Gasteiger partial charge in [-0.15, -0.1) is 0 Å². The first-order valence-corrected chi connectivity index (χ1v) is 13.8. The topological polar surface area (TPSA) is 116 Å². The summed E-state index contributed by atoms with van der Waals surface area (Å²) >= 11 is 0. The Morgan fingerprint density at radius 3 is 2.87 bits per heavy atom. The molecule has 0 amide bonds. The summed E-state index contributed by atoms with van der Waals surface area (Å²) in [7, 11) is 0. The van der Waals surface area contributed by atoms with Crippen LogP contribution in [0.1, 0.15) is 60.9 Å². The van der Waals surface area contributed by atoms with Gasteiger partial charge in [-0.3, -0.25) is 9.78 Å². The van der Waals surface area contributed by atoms with Gasteiger partial charge >= 0.3 is 5.97 Å². The van der Waals surface area contributed by atoms with Crippen molar-refractivity contribution in [2.45, 2.75) is 57.8 Å². The van der Waals surface area contributed by atoms with Crippen molar-refractivity contribution in [3.63, 3.8) is 0 Å². The molecule has 0 unspecified atom stereocenters. The number of carbonyl (C=O) groups is 1. The number of pyridine rings is 2. The van der Waals surface area contributed by atoms with Crippen molar-refractivity contribution in [3.8, 4) is 0 Å². The molecule has 5 rings (SSSR count). The minimum atomic E-state index is -0.804. The van der Waals surface area contributed by atoms with Crippen molar-refractivity contribution in [1.82, 2.24) is 19.9 Å². The van der Waals surface area contributed by atoms with Crippen molar-refractivity contribution in [1.29, 1.82) is 0 Å². The zero-order chi connectivity index (χ0) is 26.3. The molecular formula is C29H37N7O2. The number of aromatic nitrogens is 4. The van der Waals surface area contributed by atoms with E-state index in [1.54, 1.807) is 18.7 Å². The van der Waals surface area contributed by atoms with Gasteiger partial charge in [0.15, 0.2) is 0 Å². The fourth-order valence-corrected chi connectivity index (χ4v) is 5.53. The number of hydrogen-bond acceptors (Lipinski definition) is 8. The highest BCUT2D eigenvalue weighted by Gasteiger charge is 2.26. The molecule has 3 aromatic heterocycles. The molecule has 0 aliphatic carbocycles. The van der Waals surface area contributed by atoms with Gasteiger partial charge in [-0.1, -0.05) is 19.1 Å². The number of nitrogens with zero attached hydrogens (tertiary/aromatic N) is 5. The van der Waals surface area contributed by atoms with Crippen molar-refractivity contribution in [3.05, 3.63) is 65.4 Å². The van der Waals surface area contributed by atoms with Gasteiger partial charge in [0.1, 0.15) is 23.8 Å². The largest absolute Gasteiger partial charge is 0.481 e. The number of hydrogen-bond donors (Lipinski definition) is 3. The van der Waals surface area contributed by atoms with Gasteiger partial charge in [-0.05, 0) is 68.2 Å². The van der Waals surface area contributed by atoms with Crippen LogP contribution in [0.3, 0.4) is 0 Å². The van der Waals surface area contributed by atoms with Crippen LogP contribution in [0.5, 0.6) is 0 Å². The number of carboxylic acid groups (broad SMARTS) is 1. The number of piperidine rings is 1. The summed E-state index contributed by atoms with van der Waals surface area (Å²) < 4.78 is 0. The summed E-state index contributed by atoms with van der Waals surface area (Å²) in [5.74, 6) is 1.87. The Morgan fingerprint density at radius 1 is 1.24 bits per heavy atom. The van der Waals surface area contributed by atoms with Crippen LogP contribution in [0.15, 0.2) is 43.0 Å². The molecule has 0 aromatic carbocycles. The van der Waals surface area contributed by atoms with Gasteiger partial charge in [0, 0.05) is 55.7 Å². The van der Waals surface area contributed by atoms with E-state index in [4.69, 9.17) is 4.98 Å². The lowest BCUT2D eigenvalue weighted by Gasteiger charge is -2.34. The van der Waals surface area contributed by atoms with E-state index in [1.165, 1.54) is 17.7 Å². The van der Waals surface area contributed by atoms with Crippen molar-refractivity contribution in [2.75, 3.05) is 41.7 Å². The molecule has 1 fully saturated rings. The molecule has 0 bridgehead atoms. The van der Waals surface area contributed by atoms with Crippen LogP contribution >= 0.6 is 0 Å². The summed E-state index contributed by atoms with van der Waals surface area (Å²) in [4.78, 5) is 32.5. The maximum absolute atomic E-state index is 11.9. The van der Waals surface area contributed by atoms with E-state index in [2.05, 4.69) is 49.5 Å². The van der Waals surface area contributed by atoms with E-state index in [9.17, 15) is 9.90 Å². The van der Waals surface area contributed by atoms with Crippen molar-refractivity contribution >= 4 is 23.4 Å². The van der Waals surface area contributed by atoms with Crippen LogP contribution in [0, 0.1) is 5.92 Å². The molecular weight excluding hydrogens is 478 g/mol. The third-order valence-corrected chi connectivity index (χ3v) is 7.77. The van der Waals surface area contributed by atoms with E-state index in [-0.39, 0.29) is 0 Å². The summed E-state index contributed by atoms with van der Waals surface area (Å²) in [5.41, 5.74) is 4.60. The fraction of sp³-hybridized carbons (Fsp3) is 0.483. The van der Waals surface area contributed by atoms with Gasteiger partial charge in [-0.2, -0.15) is 0 Å². The van der Waals surface area contributed by atoms with E-state index < -0.39 is 11.9 Å². The third kappa shape index (κ3) is 6.03. The lowest BCUT2D eigenvalue weighted by Crippen LogP contribution is -2.35. The van der Waals surface area contributed by atoms with Crippen LogP contribution in [-0.2, 0) is 24.1 Å². The van der Waals surface area contributed by atoms with Crippen LogP contribution < -0.4 is 15.5 Å². The molecule has 0 spiro atoms. The predicted molar refractivity (Wildman–Crippen MR) is 149 cm³/mol. The smallest absolute Gasteiger partial charge is 0.308 e. The number of nitrogens with one attached hydrogen (secondary N) is 2. The number of carboxylic acids is 1. The third-order valence-electron chi connectivity index (χ3n) is 7.77. The van der Waals surface area contributed by atoms with Crippen molar-refractivity contribution in [2.24, 2.45) is 5.92 Å². The Balaban J connectivity index is 1.22. The Hall–Kier alpha value is -3.75. The predicted octanol–water partition coefficient (Wildman–Crippen LogP) is 4.32. The Labute approximate surface area is 224 Å². The van der Waals surface area contributed by atoms with Crippen LogP contribution in [0.4, 0.5) is 17.5 Å². The van der Waals surface area contributed by atoms with Gasteiger partial charge in [0.25, 0.3) is 0 Å². The molecule has 38 heavy (non-hydrogen) atoms. The molecule has 9 nitrogen and oxygen atoms in total. The second-order valence-electron chi connectivity index (χ2n) is 10.2. The first-order chi connectivity index (χ1) is 18.6. The summed E-state index contributed by atoms with van der Waals surface area (Å²) in [5, 5.41) is 16.6. The average molecular weight is 516 g/mol. The zero-order valence-corrected chi connectivity index (χ0v) is 22.1. The Morgan fingerprint density at radius 2 is 2.11 bits per heavy atom. The summed E-state index contributed by atoms with van der Waals surface area (Å²) in [6, 6.07) is 8.31. The van der Waals surface area contributed by atoms with E-state index in [0.29, 0.717) is 25.3 Å². The van der Waals surface area contributed by atoms with Gasteiger partial charge in [0.2, 0.25) is 0 Å². The fourth-order valence-electron chi connectivity index (χ4n) is 5.53. The quantitative estimate of drug-likeness (QED) is 0.363. The van der Waals surface area contributed by atoms with Crippen LogP contribution in [0.25, 0.3) is 0 Å². The molecule has 3 aromatic rings. The highest BCUT2D eigenvalue weighted by atomic mass is 16.4. The number of aliphatic carboxylic acids is 1. The monoisotopic (exact) mass is 515 g/mol. The highest BCUT2D eigenvalue weighted by Crippen LogP contribution is 2.33. The van der Waals surface area contributed by atoms with Crippen LogP contribution in [0.2, 0.25) is 0 Å². The minimum Gasteiger partial charge on any atom is -0.481 e. The molecule has 2 aliphatic rings. The standard InChI is InChI=1S/C29H37N7O2/c1-2-24-27(32-18-23(29(37)38)8-7-20-5-3-13-30-17-20)33-19-34-28(24)36-15-11-21(12-16-36)25-10-9-22-6-4-14-31-26(22)35-25/h3,5,9-10,13,17,19,21,23H,2,4,6-8,11-12,14-16,18H2,1H3,(H,31,35)(H,37,38)(H,32,33,34)/t23-/m0/s1. The van der Waals surface area contributed by atoms with Gasteiger partial charge in [-0.25, -0.2) is 15.0 Å². The Kier molecular flexibility index (Phi) is 8.31. The van der Waals surface area contributed by atoms with E-state index >= 15 is 0 Å². The maximum atomic E-state index is 11.9. The lowest BCUT2D eigenvalue weighted by atomic mass is 9.92. The number of aryl methyl sites for hydroxylation is 2. The number of anilines is 3. The summed E-state index contributed by atoms with van der Waals surface area (Å²) in [6.07, 6.45) is 11.4. The summed E-state index contributed by atoms with van der Waals surface area (Å²) in [6.45, 7) is 5.23. The zero-order valence-electron chi connectivity index (χ0n) is 22.1. The second-order valence-corrected chi connectivity index (χ2v) is 10.2. The van der Waals surface area contributed by atoms with Gasteiger partial charge in [0.05, 0.1) is 5.92 Å². The highest BCUT2D eigenvalue weighted by molar-refractivity contribution is 5.71. The Bertz CT molecular complexity index is 1230. The molecule has 0 saturated carbocycles. The van der Waals surface area contributed by atoms with Crippen LogP contribution in [-0.4, -0.2) is 57.2 Å². The molecule has 1 saturated heterocycles.